The van der Waals surface area contributed by atoms with Crippen LogP contribution < -0.4 is 16.4 Å². The highest BCUT2D eigenvalue weighted by Gasteiger charge is 2.30. The van der Waals surface area contributed by atoms with Crippen molar-refractivity contribution in [1.29, 1.82) is 0 Å². The van der Waals surface area contributed by atoms with E-state index < -0.39 is 62.3 Å². The molecule has 0 aliphatic carbocycles. The Hall–Kier alpha value is -2.77. The van der Waals surface area contributed by atoms with Crippen LogP contribution in [0.4, 0.5) is 17.6 Å². The number of benzene rings is 1. The molecule has 0 saturated carbocycles. The SMILES string of the molecule is CC(C)C[C@H](NC(=O)C(COC(F)F)NC(=O)[C@@H](N)COC(F)F)C(=O)OCc1ccccc1. The van der Waals surface area contributed by atoms with Crippen molar-refractivity contribution < 1.29 is 46.2 Å². The van der Waals surface area contributed by atoms with Crippen molar-refractivity contribution in [3.8, 4) is 0 Å². The van der Waals surface area contributed by atoms with Crippen molar-refractivity contribution in [3.05, 3.63) is 35.9 Å². The fourth-order valence-electron chi connectivity index (χ4n) is 2.67. The van der Waals surface area contributed by atoms with Gasteiger partial charge in [-0.05, 0) is 17.9 Å². The van der Waals surface area contributed by atoms with Crippen LogP contribution in [-0.4, -0.2) is 62.3 Å². The maximum atomic E-state index is 12.7. The third-order valence-electron chi connectivity index (χ3n) is 4.29. The fraction of sp³-hybridized carbons (Fsp3) is 0.571. The standard InChI is InChI=1S/C21H29F4N3O6/c1-12(2)8-15(19(31)32-9-13-6-4-3-5-7-13)27-18(30)16(11-34-21(24)25)28-17(29)14(26)10-33-20(22)23/h3-7,12,14-16,20-21H,8-11,26H2,1-2H3,(H,27,30)(H,28,29)/t14-,15-,16?/m0/s1. The molecule has 1 rings (SSSR count). The zero-order valence-corrected chi connectivity index (χ0v) is 18.7. The van der Waals surface area contributed by atoms with Crippen LogP contribution in [0.2, 0.25) is 0 Å². The van der Waals surface area contributed by atoms with E-state index in [2.05, 4.69) is 14.8 Å². The van der Waals surface area contributed by atoms with E-state index in [1.807, 2.05) is 5.32 Å². The Labute approximate surface area is 194 Å². The van der Waals surface area contributed by atoms with Crippen LogP contribution in [0.25, 0.3) is 0 Å². The summed E-state index contributed by atoms with van der Waals surface area (Å²) in [5.74, 6) is -2.99. The van der Waals surface area contributed by atoms with E-state index >= 15 is 0 Å². The topological polar surface area (TPSA) is 129 Å². The van der Waals surface area contributed by atoms with Crippen LogP contribution in [0.3, 0.4) is 0 Å². The molecule has 0 aliphatic heterocycles. The quantitative estimate of drug-likeness (QED) is 0.249. The molecule has 0 radical (unpaired) electrons. The molecule has 0 aromatic heterocycles. The maximum Gasteiger partial charge on any atom is 0.345 e. The Bertz CT molecular complexity index is 770. The molecule has 34 heavy (non-hydrogen) atoms. The molecule has 0 bridgehead atoms. The van der Waals surface area contributed by atoms with Gasteiger partial charge in [0.1, 0.15) is 24.7 Å². The first-order valence-corrected chi connectivity index (χ1v) is 10.4. The molecule has 13 heteroatoms. The minimum Gasteiger partial charge on any atom is -0.459 e. The van der Waals surface area contributed by atoms with E-state index in [1.54, 1.807) is 44.2 Å². The van der Waals surface area contributed by atoms with Crippen molar-refractivity contribution >= 4 is 17.8 Å². The number of carbonyl (C=O) groups is 3. The van der Waals surface area contributed by atoms with E-state index in [-0.39, 0.29) is 18.9 Å². The summed E-state index contributed by atoms with van der Waals surface area (Å²) in [5, 5.41) is 4.40. The monoisotopic (exact) mass is 495 g/mol. The normalized spacial score (nSPS) is 14.1. The first kappa shape index (κ1) is 29.3. The highest BCUT2D eigenvalue weighted by atomic mass is 19.3. The molecule has 2 amide bonds. The van der Waals surface area contributed by atoms with Gasteiger partial charge in [-0.25, -0.2) is 4.79 Å². The summed E-state index contributed by atoms with van der Waals surface area (Å²) in [6.07, 6.45) is 0.150. The van der Waals surface area contributed by atoms with Gasteiger partial charge >= 0.3 is 19.2 Å². The Morgan fingerprint density at radius 2 is 1.44 bits per heavy atom. The number of carbonyl (C=O) groups excluding carboxylic acids is 3. The van der Waals surface area contributed by atoms with Gasteiger partial charge in [0.05, 0.1) is 13.2 Å². The Morgan fingerprint density at radius 1 is 0.882 bits per heavy atom. The molecule has 1 unspecified atom stereocenters. The van der Waals surface area contributed by atoms with Gasteiger partial charge in [-0.2, -0.15) is 17.6 Å². The smallest absolute Gasteiger partial charge is 0.345 e. The molecule has 3 atom stereocenters. The summed E-state index contributed by atoms with van der Waals surface area (Å²) < 4.78 is 62.6. The summed E-state index contributed by atoms with van der Waals surface area (Å²) >= 11 is 0. The second kappa shape index (κ2) is 15.2. The number of amides is 2. The van der Waals surface area contributed by atoms with Crippen LogP contribution in [0.1, 0.15) is 25.8 Å². The van der Waals surface area contributed by atoms with Crippen molar-refractivity contribution in [2.45, 2.75) is 58.2 Å². The zero-order valence-electron chi connectivity index (χ0n) is 18.7. The molecule has 9 nitrogen and oxygen atoms in total. The van der Waals surface area contributed by atoms with Crippen LogP contribution in [0, 0.1) is 5.92 Å². The molecule has 0 spiro atoms. The van der Waals surface area contributed by atoms with E-state index in [1.165, 1.54) is 0 Å². The lowest BCUT2D eigenvalue weighted by molar-refractivity contribution is -0.154. The van der Waals surface area contributed by atoms with Crippen LogP contribution in [-0.2, 0) is 35.2 Å². The summed E-state index contributed by atoms with van der Waals surface area (Å²) in [7, 11) is 0. The zero-order chi connectivity index (χ0) is 25.7. The predicted molar refractivity (Wildman–Crippen MR) is 111 cm³/mol. The largest absolute Gasteiger partial charge is 0.459 e. The number of nitrogens with two attached hydrogens (primary N) is 1. The molecular formula is C21H29F4N3O6. The predicted octanol–water partition coefficient (Wildman–Crippen LogP) is 1.55. The van der Waals surface area contributed by atoms with Crippen molar-refractivity contribution in [1.82, 2.24) is 10.6 Å². The number of alkyl halides is 4. The molecule has 0 saturated heterocycles. The fourth-order valence-corrected chi connectivity index (χ4v) is 2.67. The van der Waals surface area contributed by atoms with Gasteiger partial charge in [-0.1, -0.05) is 44.2 Å². The van der Waals surface area contributed by atoms with Gasteiger partial charge in [0.25, 0.3) is 0 Å². The van der Waals surface area contributed by atoms with Crippen molar-refractivity contribution in [3.63, 3.8) is 0 Å². The molecule has 0 fully saturated rings. The Balaban J connectivity index is 2.85. The minimum atomic E-state index is -3.26. The summed E-state index contributed by atoms with van der Waals surface area (Å²) in [4.78, 5) is 37.4. The molecule has 1 aromatic carbocycles. The van der Waals surface area contributed by atoms with Gasteiger partial charge in [0.15, 0.2) is 0 Å². The van der Waals surface area contributed by atoms with Crippen LogP contribution >= 0.6 is 0 Å². The molecular weight excluding hydrogens is 466 g/mol. The average Bonchev–Trinajstić information content (AvgIpc) is 2.77. The van der Waals surface area contributed by atoms with E-state index in [0.29, 0.717) is 5.56 Å². The number of rotatable bonds is 15. The van der Waals surface area contributed by atoms with Gasteiger partial charge in [0, 0.05) is 0 Å². The second-order valence-electron chi connectivity index (χ2n) is 7.64. The average molecular weight is 495 g/mol. The van der Waals surface area contributed by atoms with E-state index in [0.717, 1.165) is 0 Å². The second-order valence-corrected chi connectivity index (χ2v) is 7.64. The van der Waals surface area contributed by atoms with Gasteiger partial charge in [-0.15, -0.1) is 0 Å². The summed E-state index contributed by atoms with van der Waals surface area (Å²) in [6, 6.07) is 4.30. The van der Waals surface area contributed by atoms with Gasteiger partial charge < -0.3 is 30.6 Å². The third-order valence-corrected chi connectivity index (χ3v) is 4.29. The summed E-state index contributed by atoms with van der Waals surface area (Å²) in [5.41, 5.74) is 6.12. The highest BCUT2D eigenvalue weighted by Crippen LogP contribution is 2.10. The van der Waals surface area contributed by atoms with E-state index in [9.17, 15) is 31.9 Å². The van der Waals surface area contributed by atoms with Gasteiger partial charge in [0.2, 0.25) is 11.8 Å². The molecule has 1 aromatic rings. The number of hydrogen-bond donors (Lipinski definition) is 3. The third kappa shape index (κ3) is 11.9. The Kier molecular flexibility index (Phi) is 13.1. The van der Waals surface area contributed by atoms with E-state index in [4.69, 9.17) is 10.5 Å². The lowest BCUT2D eigenvalue weighted by Crippen LogP contribution is -2.57. The molecule has 0 heterocycles. The van der Waals surface area contributed by atoms with Crippen molar-refractivity contribution in [2.75, 3.05) is 13.2 Å². The molecule has 0 aliphatic rings. The molecule has 192 valence electrons. The number of hydrogen-bond acceptors (Lipinski definition) is 7. The minimum absolute atomic E-state index is 0.0578. The maximum absolute atomic E-state index is 12.7. The van der Waals surface area contributed by atoms with Crippen molar-refractivity contribution in [2.24, 2.45) is 11.7 Å². The first-order valence-electron chi connectivity index (χ1n) is 10.4. The lowest BCUT2D eigenvalue weighted by atomic mass is 10.0. The van der Waals surface area contributed by atoms with Gasteiger partial charge in [-0.3, -0.25) is 9.59 Å². The summed E-state index contributed by atoms with van der Waals surface area (Å²) in [6.45, 7) is -4.78. The highest BCUT2D eigenvalue weighted by molar-refractivity contribution is 5.92. The number of ether oxygens (including phenoxy) is 3. The number of halogens is 4. The lowest BCUT2D eigenvalue weighted by Gasteiger charge is -2.24. The first-order chi connectivity index (χ1) is 16.0. The molecule has 4 N–H and O–H groups in total. The Morgan fingerprint density at radius 3 is 2.00 bits per heavy atom. The van der Waals surface area contributed by atoms with Crippen LogP contribution in [0.15, 0.2) is 30.3 Å². The number of esters is 1. The number of nitrogens with one attached hydrogen (secondary N) is 2. The van der Waals surface area contributed by atoms with Crippen LogP contribution in [0.5, 0.6) is 0 Å².